The van der Waals surface area contributed by atoms with Crippen LogP contribution in [0.4, 0.5) is 0 Å². The third kappa shape index (κ3) is 14.2. The van der Waals surface area contributed by atoms with Gasteiger partial charge in [0.15, 0.2) is 0 Å². The van der Waals surface area contributed by atoms with Gasteiger partial charge in [0.1, 0.15) is 42.7 Å². The lowest BCUT2D eigenvalue weighted by molar-refractivity contribution is -0.440. The number of nitrogens with one attached hydrogen (secondary N) is 4. The van der Waals surface area contributed by atoms with Crippen LogP contribution in [0.1, 0.15) is 46.5 Å². The van der Waals surface area contributed by atoms with Crippen molar-refractivity contribution >= 4 is 61.1 Å². The number of rotatable bonds is 24. The van der Waals surface area contributed by atoms with Gasteiger partial charge in [-0.3, -0.25) is 48.1 Å². The number of aliphatic hydroxyl groups is 8. The van der Waals surface area contributed by atoms with E-state index in [-0.39, 0.29) is 26.0 Å². The fourth-order valence-electron chi connectivity index (χ4n) is 7.81. The zero-order chi connectivity index (χ0) is 51.4. The zero-order valence-corrected chi connectivity index (χ0v) is 36.8. The predicted molar refractivity (Wildman–Crippen MR) is 214 cm³/mol. The molecule has 0 spiro atoms. The molecule has 0 aromatic carbocycles. The Kier molecular flexibility index (Phi) is 19.6. The number of hydrogen-bond donors (Lipinski definition) is 12. The van der Waals surface area contributed by atoms with Gasteiger partial charge in [-0.1, -0.05) is 0 Å². The highest BCUT2D eigenvalue weighted by atomic mass is 16.9. The summed E-state index contributed by atoms with van der Waals surface area (Å²) < 4.78 is 43.3. The largest absolute Gasteiger partial charge is 0.410 e. The van der Waals surface area contributed by atoms with E-state index in [1.54, 1.807) is 0 Å². The van der Waals surface area contributed by atoms with Crippen LogP contribution in [0, 0.1) is 0 Å². The summed E-state index contributed by atoms with van der Waals surface area (Å²) >= 11 is 0. The Hall–Kier alpha value is -5.68. The lowest BCUT2D eigenvalue weighted by Crippen LogP contribution is -2.69. The topological polar surface area (TPSA) is 453 Å². The summed E-state index contributed by atoms with van der Waals surface area (Å²) in [6.45, 7) is -0.694. The quantitative estimate of drug-likeness (QED) is 0.0107. The van der Waals surface area contributed by atoms with Crippen LogP contribution in [0.5, 0.6) is 0 Å². The molecule has 0 aromatic heterocycles. The fraction of sp³-hybridized carbons (Fsp3) is 0.684. The fourth-order valence-corrected chi connectivity index (χ4v) is 7.81. The molecule has 4 aliphatic rings. The Morgan fingerprint density at radius 3 is 1.62 bits per heavy atom. The van der Waals surface area contributed by atoms with E-state index in [1.165, 1.54) is 0 Å². The average molecular weight is 995 g/mol. The minimum Gasteiger partial charge on any atom is -0.410 e. The van der Waals surface area contributed by atoms with Crippen molar-refractivity contribution in [2.24, 2.45) is 5.10 Å². The molecule has 0 radical (unpaired) electrons. The van der Waals surface area contributed by atoms with Crippen LogP contribution < -0.4 is 21.4 Å². The van der Waals surface area contributed by atoms with E-state index in [0.29, 0.717) is 0 Å². The zero-order valence-electron chi connectivity index (χ0n) is 36.8. The van der Waals surface area contributed by atoms with Crippen LogP contribution in [-0.4, -0.2) is 224 Å². The minimum absolute atomic E-state index is 0.242. The third-order valence-corrected chi connectivity index (χ3v) is 10.8. The number of imide groups is 1. The highest BCUT2D eigenvalue weighted by Gasteiger charge is 2.59. The van der Waals surface area contributed by atoms with Crippen LogP contribution in [0.15, 0.2) is 17.3 Å². The molecule has 4 rings (SSSR count). The van der Waals surface area contributed by atoms with E-state index >= 15 is 0 Å². The van der Waals surface area contributed by atoms with Gasteiger partial charge in [0.05, 0.1) is 75.1 Å². The monoisotopic (exact) mass is 994 g/mol. The second-order valence-corrected chi connectivity index (χ2v) is 15.8. The number of aliphatic hydroxyl groups excluding tert-OH is 7. The number of amides is 6. The van der Waals surface area contributed by atoms with Crippen molar-refractivity contribution < 1.29 is 122 Å². The summed E-state index contributed by atoms with van der Waals surface area (Å²) in [6, 6.07) is -4.83. The minimum atomic E-state index is -3.02. The molecule has 69 heavy (non-hydrogen) atoms. The molecule has 4 aliphatic heterocycles. The van der Waals surface area contributed by atoms with Crippen LogP contribution in [0.3, 0.4) is 0 Å². The molecule has 386 valence electrons. The highest BCUT2D eigenvalue weighted by molar-refractivity contribution is 6.13. The first-order valence-corrected chi connectivity index (χ1v) is 20.7. The van der Waals surface area contributed by atoms with Crippen molar-refractivity contribution in [3.05, 3.63) is 12.2 Å². The molecule has 16 unspecified atom stereocenters. The summed E-state index contributed by atoms with van der Waals surface area (Å²) in [4.78, 5) is 109. The first kappa shape index (κ1) is 55.9. The summed E-state index contributed by atoms with van der Waals surface area (Å²) in [5, 5.41) is 99.4. The summed E-state index contributed by atoms with van der Waals surface area (Å²) in [6.07, 6.45) is -21.0. The van der Waals surface area contributed by atoms with E-state index in [4.69, 9.17) is 33.2 Å². The maximum absolute atomic E-state index is 12.5. The van der Waals surface area contributed by atoms with Gasteiger partial charge in [0.25, 0.3) is 31.2 Å². The predicted octanol–water partition coefficient (Wildman–Crippen LogP) is -8.68. The molecule has 31 nitrogen and oxygen atoms in total. The maximum Gasteiger partial charge on any atom is 0.332 e. The molecule has 16 atom stereocenters. The molecule has 0 aromatic rings. The van der Waals surface area contributed by atoms with E-state index in [1.807, 2.05) is 0 Å². The van der Waals surface area contributed by atoms with Crippen LogP contribution in [0.25, 0.3) is 0 Å². The van der Waals surface area contributed by atoms with Crippen molar-refractivity contribution in [2.45, 2.75) is 144 Å². The van der Waals surface area contributed by atoms with Crippen molar-refractivity contribution in [3.63, 3.8) is 0 Å². The van der Waals surface area contributed by atoms with Crippen molar-refractivity contribution in [3.8, 4) is 0 Å². The summed E-state index contributed by atoms with van der Waals surface area (Å²) in [5.74, 6) is -13.4. The van der Waals surface area contributed by atoms with Gasteiger partial charge in [0.2, 0.25) is 23.6 Å². The van der Waals surface area contributed by atoms with E-state index in [2.05, 4.69) is 31.2 Å². The number of carbonyl (C=O) groups is 9. The first-order valence-electron chi connectivity index (χ1n) is 20.7. The van der Waals surface area contributed by atoms with E-state index in [9.17, 15) is 84.0 Å². The maximum atomic E-state index is 12.5. The lowest BCUT2D eigenvalue weighted by Gasteiger charge is -2.50. The van der Waals surface area contributed by atoms with Gasteiger partial charge in [-0.2, -0.15) is 5.10 Å². The Morgan fingerprint density at radius 1 is 0.725 bits per heavy atom. The molecule has 0 bridgehead atoms. The average Bonchev–Trinajstić information content (AvgIpc) is 3.59. The Labute approximate surface area is 389 Å². The smallest absolute Gasteiger partial charge is 0.332 e. The number of carbonyl (C=O) groups excluding carboxylic acids is 9. The standard InChI is InChI=1S/C38H54N6O25/c1-17(50)40-29-21(54)9-37(63-15-48,65-23(29)11-39-43-26(56)6-7-44-27(57)4-5-28(44)58)66-25(13-46)33(60)35-31(42-19(3)52)22(55)10-38(69-35,64-16-49)67-24(12-45)32(59)34-30(41-18(2)51)20(53)8-36(61,68-34)62-14-47/h4-5,11,14-16,20-25,29-35,45-46,53-55,59-61H,6-10,12-13H2,1-3H3,(H,40,50)(H,41,51)(H,42,52)(H,43,56)/b39-11+. The van der Waals surface area contributed by atoms with Gasteiger partial charge in [-0.05, 0) is 0 Å². The van der Waals surface area contributed by atoms with E-state index in [0.717, 1.165) is 44.0 Å². The molecule has 3 fully saturated rings. The van der Waals surface area contributed by atoms with Gasteiger partial charge in [-0.25, -0.2) is 5.43 Å². The highest BCUT2D eigenvalue weighted by Crippen LogP contribution is 2.39. The van der Waals surface area contributed by atoms with Crippen molar-refractivity contribution in [1.29, 1.82) is 0 Å². The molecule has 6 amide bonds. The SMILES string of the molecule is CC(=O)NC1C(O)CC(OC=O)(OC(CO)C(O)C2OC(OC=O)(OC(CO)C(O)C3OC(O)(OC=O)CC(O)C3NC(C)=O)CC(O)C2NC(C)=O)OC1/C=N/NC(=O)CCN1C(=O)C=CC1=O. The van der Waals surface area contributed by atoms with Crippen molar-refractivity contribution in [1.82, 2.24) is 26.3 Å². The summed E-state index contributed by atoms with van der Waals surface area (Å²) in [7, 11) is 0. The second kappa shape index (κ2) is 24.2. The molecule has 31 heteroatoms. The van der Waals surface area contributed by atoms with Gasteiger partial charge in [0, 0.05) is 45.9 Å². The van der Waals surface area contributed by atoms with Crippen LogP contribution >= 0.6 is 0 Å². The Bertz CT molecular complexity index is 1930. The van der Waals surface area contributed by atoms with E-state index < -0.39 is 171 Å². The van der Waals surface area contributed by atoms with Crippen LogP contribution in [-0.2, 0) is 81.0 Å². The van der Waals surface area contributed by atoms with Gasteiger partial charge >= 0.3 is 17.9 Å². The van der Waals surface area contributed by atoms with Crippen molar-refractivity contribution in [2.75, 3.05) is 19.8 Å². The Morgan fingerprint density at radius 2 is 1.16 bits per heavy atom. The molecular weight excluding hydrogens is 940 g/mol. The molecular formula is C38H54N6O25. The normalized spacial score (nSPS) is 34.1. The lowest BCUT2D eigenvalue weighted by atomic mass is 9.90. The number of nitrogens with zero attached hydrogens (tertiary/aromatic N) is 2. The number of ether oxygens (including phenoxy) is 8. The Balaban J connectivity index is 1.65. The first-order chi connectivity index (χ1) is 32.5. The number of hydrazone groups is 1. The molecule has 0 aliphatic carbocycles. The van der Waals surface area contributed by atoms with Gasteiger partial charge in [-0.15, -0.1) is 0 Å². The molecule has 0 saturated carbocycles. The van der Waals surface area contributed by atoms with Crippen LogP contribution in [0.2, 0.25) is 0 Å². The molecule has 3 saturated heterocycles. The number of hydrogen-bond acceptors (Lipinski definition) is 26. The summed E-state index contributed by atoms with van der Waals surface area (Å²) in [5.41, 5.74) is 2.09. The van der Waals surface area contributed by atoms with Gasteiger partial charge < -0.3 is 94.7 Å². The molecule has 4 heterocycles. The third-order valence-electron chi connectivity index (χ3n) is 10.8. The second-order valence-electron chi connectivity index (χ2n) is 15.8. The molecule has 12 N–H and O–H groups in total.